The van der Waals surface area contributed by atoms with Gasteiger partial charge in [0, 0.05) is 0 Å². The van der Waals surface area contributed by atoms with Crippen molar-refractivity contribution in [2.75, 3.05) is 6.54 Å². The fourth-order valence-electron chi connectivity index (χ4n) is 2.72. The Bertz CT molecular complexity index is 620. The van der Waals surface area contributed by atoms with Gasteiger partial charge in [0.15, 0.2) is 0 Å². The monoisotopic (exact) mass is 283 g/mol. The van der Waals surface area contributed by atoms with Gasteiger partial charge < -0.3 is 5.32 Å². The van der Waals surface area contributed by atoms with Gasteiger partial charge in [-0.15, -0.1) is 0 Å². The van der Waals surface area contributed by atoms with Gasteiger partial charge in [-0.05, 0) is 56.5 Å². The van der Waals surface area contributed by atoms with Crippen molar-refractivity contribution in [3.05, 3.63) is 57.9 Å². The number of hydrogen-bond donors (Lipinski definition) is 1. The molecule has 0 saturated heterocycles. The molecule has 1 atom stereocenters. The van der Waals surface area contributed by atoms with E-state index in [1.54, 1.807) is 0 Å². The Morgan fingerprint density at radius 1 is 1.00 bits per heavy atom. The lowest BCUT2D eigenvalue weighted by molar-refractivity contribution is 0.613. The summed E-state index contributed by atoms with van der Waals surface area (Å²) in [4.78, 5) is 0. The van der Waals surface area contributed by atoms with Gasteiger partial charge in [-0.1, -0.05) is 37.6 Å². The molecular weight excluding hydrogens is 258 g/mol. The van der Waals surface area contributed by atoms with Gasteiger partial charge >= 0.3 is 0 Å². The topological polar surface area (TPSA) is 37.8 Å². The highest BCUT2D eigenvalue weighted by Gasteiger charge is 2.19. The van der Waals surface area contributed by atoms with Gasteiger partial charge in [-0.3, -0.25) is 0 Å². The van der Waals surface area contributed by atoms with Gasteiger partial charge in [0.25, 0.3) is 0 Å². The van der Waals surface area contributed by atoms with Gasteiger partial charge in [0.2, 0.25) is 0 Å². The van der Waals surface area contributed by atoms with Crippen LogP contribution in [0.25, 0.3) is 0 Å². The van der Waals surface area contributed by atoms with Gasteiger partial charge in [0.05, 0.1) is 17.4 Å². The molecule has 3 nitrogen and oxygen atoms in total. The lowest BCUT2D eigenvalue weighted by atomic mass is 9.92. The van der Waals surface area contributed by atoms with Crippen LogP contribution in [0.15, 0.2) is 24.3 Å². The largest absolute Gasteiger partial charge is 0.306 e. The smallest absolute Gasteiger partial charge is 0.0679 e. The molecule has 112 valence electrons. The fraction of sp³-hybridized carbons (Fsp3) is 0.444. The van der Waals surface area contributed by atoms with Crippen LogP contribution in [0, 0.1) is 20.8 Å². The third kappa shape index (κ3) is 3.48. The molecule has 1 aromatic heterocycles. The van der Waals surface area contributed by atoms with E-state index in [1.165, 1.54) is 22.3 Å². The van der Waals surface area contributed by atoms with Crippen LogP contribution >= 0.6 is 0 Å². The lowest BCUT2D eigenvalue weighted by Gasteiger charge is -2.23. The highest BCUT2D eigenvalue weighted by atomic mass is 15.1. The summed E-state index contributed by atoms with van der Waals surface area (Å²) in [6.07, 6.45) is 0.898. The minimum Gasteiger partial charge on any atom is -0.306 e. The molecule has 21 heavy (non-hydrogen) atoms. The number of hydrogen-bond acceptors (Lipinski definition) is 3. The average molecular weight is 283 g/mol. The van der Waals surface area contributed by atoms with E-state index < -0.39 is 0 Å². The average Bonchev–Trinajstić information content (AvgIpc) is 2.47. The summed E-state index contributed by atoms with van der Waals surface area (Å²) in [5, 5.41) is 12.2. The van der Waals surface area contributed by atoms with Crippen LogP contribution in [0.3, 0.4) is 0 Å². The van der Waals surface area contributed by atoms with Gasteiger partial charge in [0.1, 0.15) is 0 Å². The first kappa shape index (κ1) is 15.6. The fourth-order valence-corrected chi connectivity index (χ4v) is 2.72. The zero-order valence-electron chi connectivity index (χ0n) is 13.7. The lowest BCUT2D eigenvalue weighted by Crippen LogP contribution is -2.25. The Kier molecular flexibility index (Phi) is 5.07. The third-order valence-electron chi connectivity index (χ3n) is 3.83. The van der Waals surface area contributed by atoms with E-state index in [9.17, 15) is 0 Å². The van der Waals surface area contributed by atoms with Crippen molar-refractivity contribution >= 4 is 0 Å². The summed E-state index contributed by atoms with van der Waals surface area (Å²) < 4.78 is 0. The molecule has 0 aliphatic rings. The van der Waals surface area contributed by atoms with Crippen molar-refractivity contribution in [3.63, 3.8) is 0 Å². The molecule has 1 unspecified atom stereocenters. The van der Waals surface area contributed by atoms with Gasteiger partial charge in [-0.2, -0.15) is 10.2 Å². The predicted molar refractivity (Wildman–Crippen MR) is 87.6 cm³/mol. The molecule has 1 N–H and O–H groups in total. The van der Waals surface area contributed by atoms with Crippen molar-refractivity contribution < 1.29 is 0 Å². The maximum absolute atomic E-state index is 4.39. The Balaban J connectivity index is 2.58. The molecule has 0 aliphatic heterocycles. The summed E-state index contributed by atoms with van der Waals surface area (Å²) in [7, 11) is 0. The highest BCUT2D eigenvalue weighted by Crippen LogP contribution is 2.28. The van der Waals surface area contributed by atoms with Crippen LogP contribution in [-0.4, -0.2) is 16.7 Å². The molecular formula is C18H25N3. The number of aromatic nitrogens is 2. The van der Waals surface area contributed by atoms with Crippen LogP contribution in [0.5, 0.6) is 0 Å². The second kappa shape index (κ2) is 6.81. The molecule has 0 saturated carbocycles. The zero-order valence-corrected chi connectivity index (χ0v) is 13.7. The van der Waals surface area contributed by atoms with Crippen LogP contribution < -0.4 is 5.32 Å². The first-order valence-electron chi connectivity index (χ1n) is 7.70. The zero-order chi connectivity index (χ0) is 15.4. The molecule has 0 amide bonds. The molecule has 1 aromatic carbocycles. The van der Waals surface area contributed by atoms with E-state index >= 15 is 0 Å². The Hall–Kier alpha value is -1.74. The van der Waals surface area contributed by atoms with E-state index in [0.29, 0.717) is 0 Å². The van der Waals surface area contributed by atoms with Crippen molar-refractivity contribution in [3.8, 4) is 0 Å². The quantitative estimate of drug-likeness (QED) is 0.910. The summed E-state index contributed by atoms with van der Waals surface area (Å²) >= 11 is 0. The van der Waals surface area contributed by atoms with Crippen LogP contribution in [0.2, 0.25) is 0 Å². The molecule has 0 bridgehead atoms. The Morgan fingerprint density at radius 3 is 2.43 bits per heavy atom. The summed E-state index contributed by atoms with van der Waals surface area (Å²) in [6, 6.07) is 8.98. The Labute approximate surface area is 127 Å². The van der Waals surface area contributed by atoms with E-state index in [2.05, 4.69) is 67.5 Å². The first-order chi connectivity index (χ1) is 10.1. The number of rotatable bonds is 5. The summed E-state index contributed by atoms with van der Waals surface area (Å²) in [6.45, 7) is 11.5. The van der Waals surface area contributed by atoms with Crippen molar-refractivity contribution in [1.29, 1.82) is 0 Å². The molecule has 2 rings (SSSR count). The maximum atomic E-state index is 4.39. The highest BCUT2D eigenvalue weighted by molar-refractivity contribution is 5.40. The summed E-state index contributed by atoms with van der Waals surface area (Å²) in [5.74, 6) is 0. The second-order valence-electron chi connectivity index (χ2n) is 5.59. The Morgan fingerprint density at radius 2 is 1.76 bits per heavy atom. The maximum Gasteiger partial charge on any atom is 0.0679 e. The molecule has 3 heteroatoms. The minimum absolute atomic E-state index is 0.180. The van der Waals surface area contributed by atoms with Crippen LogP contribution in [-0.2, 0) is 6.42 Å². The normalized spacial score (nSPS) is 12.4. The van der Waals surface area contributed by atoms with Crippen molar-refractivity contribution in [2.24, 2.45) is 0 Å². The molecule has 0 radical (unpaired) electrons. The molecule has 0 fully saturated rings. The number of benzene rings is 1. The number of nitrogens with zero attached hydrogens (tertiary/aromatic N) is 2. The van der Waals surface area contributed by atoms with Crippen LogP contribution in [0.1, 0.15) is 53.5 Å². The van der Waals surface area contributed by atoms with E-state index in [1.807, 2.05) is 6.92 Å². The number of aryl methyl sites for hydroxylation is 4. The SMILES string of the molecule is CCNC(c1cc(C)ccc1C)c1cc(C)nnc1CC. The minimum atomic E-state index is 0.180. The standard InChI is InChI=1S/C18H25N3/c1-6-17-16(11-14(5)20-21-17)18(19-7-2)15-10-12(3)8-9-13(15)4/h8-11,18-19H,6-7H2,1-5H3. The van der Waals surface area contributed by atoms with Gasteiger partial charge in [-0.25, -0.2) is 0 Å². The van der Waals surface area contributed by atoms with Crippen LogP contribution in [0.4, 0.5) is 0 Å². The molecule has 0 aliphatic carbocycles. The molecule has 2 aromatic rings. The molecule has 1 heterocycles. The molecule has 0 spiro atoms. The van der Waals surface area contributed by atoms with E-state index in [-0.39, 0.29) is 6.04 Å². The second-order valence-corrected chi connectivity index (χ2v) is 5.59. The number of nitrogens with one attached hydrogen (secondary N) is 1. The van der Waals surface area contributed by atoms with E-state index in [0.717, 1.165) is 24.4 Å². The van der Waals surface area contributed by atoms with E-state index in [4.69, 9.17) is 0 Å². The van der Waals surface area contributed by atoms with Crippen molar-refractivity contribution in [2.45, 2.75) is 47.1 Å². The van der Waals surface area contributed by atoms with Crippen molar-refractivity contribution in [1.82, 2.24) is 15.5 Å². The first-order valence-corrected chi connectivity index (χ1v) is 7.70. The predicted octanol–water partition coefficient (Wildman–Crippen LogP) is 3.66. The third-order valence-corrected chi connectivity index (χ3v) is 3.83. The summed E-state index contributed by atoms with van der Waals surface area (Å²) in [5.41, 5.74) is 7.22.